The summed E-state index contributed by atoms with van der Waals surface area (Å²) in [5.74, 6) is -1.43. The minimum Gasteiger partial charge on any atom is -0.481 e. The van der Waals surface area contributed by atoms with E-state index < -0.39 is 23.7 Å². The lowest BCUT2D eigenvalue weighted by molar-refractivity contribution is -0.140. The number of aliphatic carboxylic acids is 1. The Morgan fingerprint density at radius 3 is 2.83 bits per heavy atom. The van der Waals surface area contributed by atoms with Gasteiger partial charge in [0, 0.05) is 6.42 Å². The van der Waals surface area contributed by atoms with Gasteiger partial charge in [-0.3, -0.25) is 14.9 Å². The molecule has 0 bridgehead atoms. The second-order valence-electron chi connectivity index (χ2n) is 2.40. The van der Waals surface area contributed by atoms with Crippen molar-refractivity contribution in [2.75, 3.05) is 0 Å². The van der Waals surface area contributed by atoms with Crippen molar-refractivity contribution in [3.8, 4) is 0 Å². The van der Waals surface area contributed by atoms with Gasteiger partial charge in [-0.25, -0.2) is 0 Å². The van der Waals surface area contributed by atoms with E-state index in [9.17, 15) is 9.59 Å². The number of carboxylic acids is 1. The lowest BCUT2D eigenvalue weighted by Gasteiger charge is -2.02. The van der Waals surface area contributed by atoms with Crippen molar-refractivity contribution in [2.45, 2.75) is 24.6 Å². The van der Waals surface area contributed by atoms with E-state index in [2.05, 4.69) is 10.1 Å². The standard InChI is InChI=1S/C6H8ClNO4/c7-6-8-3(5(11)12-6)1-2-4(9)10/h3,6,8H,1-2H2,(H,9,10)/t3-,6+/m0/s1. The zero-order chi connectivity index (χ0) is 9.14. The van der Waals surface area contributed by atoms with Crippen molar-refractivity contribution < 1.29 is 19.4 Å². The normalized spacial score (nSPS) is 28.6. The molecule has 0 aromatic rings. The molecule has 6 heteroatoms. The Balaban J connectivity index is 2.33. The molecule has 0 spiro atoms. The smallest absolute Gasteiger partial charge is 0.325 e. The van der Waals surface area contributed by atoms with Crippen LogP contribution in [0.3, 0.4) is 0 Å². The Labute approximate surface area is 73.6 Å². The van der Waals surface area contributed by atoms with Crippen LogP contribution in [0.4, 0.5) is 0 Å². The number of halogens is 1. The number of carbonyl (C=O) groups excluding carboxylic acids is 1. The largest absolute Gasteiger partial charge is 0.481 e. The summed E-state index contributed by atoms with van der Waals surface area (Å²) in [6, 6.07) is -0.580. The lowest BCUT2D eigenvalue weighted by Crippen LogP contribution is -2.29. The molecule has 68 valence electrons. The van der Waals surface area contributed by atoms with Crippen LogP contribution in [0, 0.1) is 0 Å². The summed E-state index contributed by atoms with van der Waals surface area (Å²) < 4.78 is 4.53. The summed E-state index contributed by atoms with van der Waals surface area (Å²) in [6.45, 7) is 0. The Morgan fingerprint density at radius 1 is 1.75 bits per heavy atom. The van der Waals surface area contributed by atoms with Crippen LogP contribution in [0.2, 0.25) is 0 Å². The van der Waals surface area contributed by atoms with Gasteiger partial charge in [0.15, 0.2) is 0 Å². The maximum Gasteiger partial charge on any atom is 0.325 e. The van der Waals surface area contributed by atoms with Gasteiger partial charge in [0.05, 0.1) is 0 Å². The summed E-state index contributed by atoms with van der Waals surface area (Å²) in [6.07, 6.45) is 0.133. The number of cyclic esters (lactones) is 1. The third-order valence-electron chi connectivity index (χ3n) is 1.48. The van der Waals surface area contributed by atoms with Crippen LogP contribution >= 0.6 is 11.6 Å². The predicted octanol–water partition coefficient (Wildman–Crippen LogP) is -0.111. The van der Waals surface area contributed by atoms with Crippen molar-refractivity contribution in [1.29, 1.82) is 0 Å². The summed E-state index contributed by atoms with van der Waals surface area (Å²) >= 11 is 5.42. The molecule has 2 N–H and O–H groups in total. The maximum absolute atomic E-state index is 10.8. The number of carbonyl (C=O) groups is 2. The molecule has 5 nitrogen and oxygen atoms in total. The number of alkyl halides is 1. The molecule has 1 saturated heterocycles. The van der Waals surface area contributed by atoms with Gasteiger partial charge < -0.3 is 9.84 Å². The van der Waals surface area contributed by atoms with E-state index in [-0.39, 0.29) is 12.8 Å². The van der Waals surface area contributed by atoms with Crippen LogP contribution in [-0.4, -0.2) is 28.8 Å². The van der Waals surface area contributed by atoms with Crippen LogP contribution in [0.15, 0.2) is 0 Å². The van der Waals surface area contributed by atoms with Crippen LogP contribution < -0.4 is 5.32 Å². The number of rotatable bonds is 3. The fraction of sp³-hybridized carbons (Fsp3) is 0.667. The highest BCUT2D eigenvalue weighted by Crippen LogP contribution is 2.12. The lowest BCUT2D eigenvalue weighted by atomic mass is 10.2. The minimum atomic E-state index is -0.942. The molecule has 0 radical (unpaired) electrons. The Morgan fingerprint density at radius 2 is 2.42 bits per heavy atom. The van der Waals surface area contributed by atoms with Gasteiger partial charge in [0.25, 0.3) is 0 Å². The Kier molecular flexibility index (Phi) is 2.88. The molecule has 1 rings (SSSR count). The van der Waals surface area contributed by atoms with Crippen molar-refractivity contribution in [2.24, 2.45) is 0 Å². The van der Waals surface area contributed by atoms with Gasteiger partial charge in [0.2, 0.25) is 5.69 Å². The summed E-state index contributed by atoms with van der Waals surface area (Å²) in [5, 5.41) is 10.9. The molecule has 12 heavy (non-hydrogen) atoms. The molecule has 1 aliphatic rings. The van der Waals surface area contributed by atoms with Crippen molar-refractivity contribution in [3.63, 3.8) is 0 Å². The number of esters is 1. The van der Waals surface area contributed by atoms with E-state index in [0.717, 1.165) is 0 Å². The zero-order valence-corrected chi connectivity index (χ0v) is 6.87. The molecule has 0 unspecified atom stereocenters. The van der Waals surface area contributed by atoms with Crippen molar-refractivity contribution >= 4 is 23.5 Å². The second kappa shape index (κ2) is 3.73. The van der Waals surface area contributed by atoms with E-state index in [1.165, 1.54) is 0 Å². The van der Waals surface area contributed by atoms with Gasteiger partial charge in [0.1, 0.15) is 6.04 Å². The Bertz CT molecular complexity index is 208. The van der Waals surface area contributed by atoms with E-state index in [0.29, 0.717) is 0 Å². The summed E-state index contributed by atoms with van der Waals surface area (Å²) in [4.78, 5) is 21.0. The topological polar surface area (TPSA) is 75.6 Å². The first-order chi connectivity index (χ1) is 5.59. The average Bonchev–Trinajstić information content (AvgIpc) is 2.26. The first-order valence-corrected chi connectivity index (χ1v) is 3.85. The fourth-order valence-electron chi connectivity index (χ4n) is 0.913. The quantitative estimate of drug-likeness (QED) is 0.372. The van der Waals surface area contributed by atoms with Gasteiger partial charge in [-0.15, -0.1) is 0 Å². The molecule has 1 aliphatic heterocycles. The van der Waals surface area contributed by atoms with Gasteiger partial charge >= 0.3 is 11.9 Å². The SMILES string of the molecule is O=C(O)CC[C@@H]1N[C@@H](Cl)OC1=O. The van der Waals surface area contributed by atoms with Gasteiger partial charge in [-0.05, 0) is 6.42 Å². The molecule has 0 aliphatic carbocycles. The molecule has 0 amide bonds. The molecule has 2 atom stereocenters. The molecule has 0 aromatic heterocycles. The Hall–Kier alpha value is -0.810. The van der Waals surface area contributed by atoms with E-state index in [4.69, 9.17) is 16.7 Å². The van der Waals surface area contributed by atoms with Crippen molar-refractivity contribution in [1.82, 2.24) is 5.32 Å². The highest BCUT2D eigenvalue weighted by atomic mass is 35.5. The van der Waals surface area contributed by atoms with Gasteiger partial charge in [-0.2, -0.15) is 0 Å². The number of hydrogen-bond donors (Lipinski definition) is 2. The highest BCUT2D eigenvalue weighted by Gasteiger charge is 2.32. The fourth-order valence-corrected chi connectivity index (χ4v) is 1.15. The molecule has 0 aromatic carbocycles. The highest BCUT2D eigenvalue weighted by molar-refractivity contribution is 6.20. The average molecular weight is 194 g/mol. The van der Waals surface area contributed by atoms with Crippen LogP contribution in [0.1, 0.15) is 12.8 Å². The monoisotopic (exact) mass is 193 g/mol. The van der Waals surface area contributed by atoms with Crippen LogP contribution in [0.25, 0.3) is 0 Å². The van der Waals surface area contributed by atoms with Crippen LogP contribution in [-0.2, 0) is 14.3 Å². The maximum atomic E-state index is 10.8. The van der Waals surface area contributed by atoms with Crippen LogP contribution in [0.5, 0.6) is 0 Å². The molecule has 1 fully saturated rings. The molecular weight excluding hydrogens is 186 g/mol. The molecule has 1 heterocycles. The third kappa shape index (κ3) is 2.35. The zero-order valence-electron chi connectivity index (χ0n) is 6.12. The van der Waals surface area contributed by atoms with E-state index >= 15 is 0 Å². The predicted molar refractivity (Wildman–Crippen MR) is 39.5 cm³/mol. The number of nitrogens with one attached hydrogen (secondary N) is 1. The van der Waals surface area contributed by atoms with Gasteiger partial charge in [-0.1, -0.05) is 11.6 Å². The minimum absolute atomic E-state index is 0.0730. The first kappa shape index (κ1) is 9.28. The molecular formula is C6H8ClNO4. The second-order valence-corrected chi connectivity index (χ2v) is 2.80. The van der Waals surface area contributed by atoms with E-state index in [1.54, 1.807) is 0 Å². The summed E-state index contributed by atoms with van der Waals surface area (Å²) in [7, 11) is 0. The van der Waals surface area contributed by atoms with Crippen molar-refractivity contribution in [3.05, 3.63) is 0 Å². The first-order valence-electron chi connectivity index (χ1n) is 3.42. The number of ether oxygens (including phenoxy) is 1. The van der Waals surface area contributed by atoms with E-state index in [1.807, 2.05) is 0 Å². The number of hydrogen-bond acceptors (Lipinski definition) is 4. The third-order valence-corrected chi connectivity index (χ3v) is 1.70. The summed E-state index contributed by atoms with van der Waals surface area (Å²) in [5.41, 5.74) is -0.823. The number of carboxylic acid groups (broad SMARTS) is 1. The molecule has 0 saturated carbocycles.